The van der Waals surface area contributed by atoms with Gasteiger partial charge in [-0.05, 0) is 24.3 Å². The van der Waals surface area contributed by atoms with E-state index >= 15 is 0 Å². The Kier molecular flexibility index (Phi) is 6.48. The number of thiophene rings is 2. The van der Waals surface area contributed by atoms with Gasteiger partial charge in [0.1, 0.15) is 41.1 Å². The topological polar surface area (TPSA) is 146 Å². The third-order valence-electron chi connectivity index (χ3n) is 8.18. The molecule has 0 radical (unpaired) electrons. The molecule has 14 nitrogen and oxygen atoms in total. The molecule has 0 aliphatic carbocycles. The van der Waals surface area contributed by atoms with E-state index in [1.807, 2.05) is 24.3 Å². The van der Waals surface area contributed by atoms with Gasteiger partial charge in [-0.15, -0.1) is 22.7 Å². The fourth-order valence-corrected chi connectivity index (χ4v) is 7.92. The molecule has 0 spiro atoms. The lowest BCUT2D eigenvalue weighted by Crippen LogP contribution is -2.40. The van der Waals surface area contributed by atoms with Gasteiger partial charge in [0.2, 0.25) is 11.9 Å². The van der Waals surface area contributed by atoms with Crippen molar-refractivity contribution < 1.29 is 9.47 Å². The SMILES string of the molecule is O=c1c2sc3nccnc3c2nc(N2CCOCC2)n1-c1ccc(-n2c(N3CCOCC3)nc3c(sc4nccnc43)c2=O)cc1. The second kappa shape index (κ2) is 10.9. The first-order chi connectivity index (χ1) is 22.7. The van der Waals surface area contributed by atoms with Crippen LogP contribution in [-0.2, 0) is 9.47 Å². The Morgan fingerprint density at radius 3 is 1.35 bits per heavy atom. The van der Waals surface area contributed by atoms with E-state index in [0.717, 1.165) is 0 Å². The van der Waals surface area contributed by atoms with Crippen LogP contribution in [0.3, 0.4) is 0 Å². The highest BCUT2D eigenvalue weighted by Gasteiger charge is 2.26. The molecular formula is C30H24N10O4S2. The maximum atomic E-state index is 14.2. The van der Waals surface area contributed by atoms with E-state index in [0.29, 0.717) is 117 Å². The number of benzene rings is 1. The van der Waals surface area contributed by atoms with E-state index in [-0.39, 0.29) is 11.1 Å². The van der Waals surface area contributed by atoms with Crippen LogP contribution in [0.4, 0.5) is 11.9 Å². The van der Waals surface area contributed by atoms with Crippen LogP contribution in [0.2, 0.25) is 0 Å². The first kappa shape index (κ1) is 27.4. The minimum atomic E-state index is -0.205. The Hall–Kier alpha value is -4.90. The van der Waals surface area contributed by atoms with Gasteiger partial charge in [0.05, 0.1) is 37.8 Å². The Labute approximate surface area is 267 Å². The molecule has 2 fully saturated rings. The molecule has 0 N–H and O–H groups in total. The van der Waals surface area contributed by atoms with E-state index in [1.165, 1.54) is 22.7 Å². The summed E-state index contributed by atoms with van der Waals surface area (Å²) < 4.78 is 15.4. The molecule has 0 saturated carbocycles. The zero-order chi connectivity index (χ0) is 30.8. The Morgan fingerprint density at radius 1 is 0.543 bits per heavy atom. The summed E-state index contributed by atoms with van der Waals surface area (Å²) in [6, 6.07) is 7.36. The number of aromatic nitrogens is 8. The number of fused-ring (bicyclic) bond motifs is 6. The molecule has 0 amide bonds. The molecular weight excluding hydrogens is 629 g/mol. The molecule has 6 aromatic heterocycles. The van der Waals surface area contributed by atoms with Crippen molar-refractivity contribution in [2.45, 2.75) is 0 Å². The molecule has 2 aliphatic rings. The number of ether oxygens (including phenoxy) is 2. The maximum absolute atomic E-state index is 14.2. The highest BCUT2D eigenvalue weighted by Crippen LogP contribution is 2.32. The second-order valence-corrected chi connectivity index (χ2v) is 12.8. The number of anilines is 2. The van der Waals surface area contributed by atoms with Crippen molar-refractivity contribution in [3.05, 3.63) is 69.8 Å². The van der Waals surface area contributed by atoms with Crippen LogP contribution in [0, 0.1) is 0 Å². The smallest absolute Gasteiger partial charge is 0.277 e. The minimum absolute atomic E-state index is 0.205. The number of nitrogens with zero attached hydrogens (tertiary/aromatic N) is 10. The predicted octanol–water partition coefficient (Wildman–Crippen LogP) is 2.77. The fourth-order valence-electron chi connectivity index (χ4n) is 5.98. The third-order valence-corrected chi connectivity index (χ3v) is 10.3. The molecule has 230 valence electrons. The van der Waals surface area contributed by atoms with Crippen molar-refractivity contribution >= 4 is 75.7 Å². The van der Waals surface area contributed by atoms with Crippen molar-refractivity contribution in [2.24, 2.45) is 0 Å². The van der Waals surface area contributed by atoms with Crippen LogP contribution in [-0.4, -0.2) is 91.6 Å². The summed E-state index contributed by atoms with van der Waals surface area (Å²) >= 11 is 2.57. The Balaban J connectivity index is 1.23. The summed E-state index contributed by atoms with van der Waals surface area (Å²) in [5, 5.41) is 0. The van der Waals surface area contributed by atoms with E-state index in [4.69, 9.17) is 19.4 Å². The van der Waals surface area contributed by atoms with Crippen LogP contribution in [0.1, 0.15) is 0 Å². The van der Waals surface area contributed by atoms with Crippen molar-refractivity contribution in [3.63, 3.8) is 0 Å². The Morgan fingerprint density at radius 2 is 0.935 bits per heavy atom. The van der Waals surface area contributed by atoms with Gasteiger partial charge >= 0.3 is 0 Å². The van der Waals surface area contributed by atoms with E-state index in [2.05, 4.69) is 29.7 Å². The normalized spacial score (nSPS) is 15.9. The van der Waals surface area contributed by atoms with Gasteiger partial charge in [0.15, 0.2) is 0 Å². The molecule has 8 heterocycles. The van der Waals surface area contributed by atoms with Gasteiger partial charge in [-0.25, -0.2) is 39.0 Å². The first-order valence-corrected chi connectivity index (χ1v) is 16.4. The first-order valence-electron chi connectivity index (χ1n) is 14.7. The maximum Gasteiger partial charge on any atom is 0.277 e. The number of rotatable bonds is 4. The summed E-state index contributed by atoms with van der Waals surface area (Å²) in [6.45, 7) is 4.48. The molecule has 7 aromatic rings. The van der Waals surface area contributed by atoms with Crippen molar-refractivity contribution in [1.29, 1.82) is 0 Å². The standard InChI is InChI=1S/C30H24N10O4S2/c41-27-23-19(21-25(45-23)33-7-5-31-21)35-29(37-9-13-43-14-10-37)39(27)17-1-2-18(4-3-17)40-28(42)24-20(22-26(46-24)34-8-6-32-22)36-30(40)38-11-15-44-16-12-38/h1-8H,9-16H2. The lowest BCUT2D eigenvalue weighted by atomic mass is 10.2. The average molecular weight is 653 g/mol. The summed E-state index contributed by atoms with van der Waals surface area (Å²) in [5.41, 5.74) is 3.14. The number of morpholine rings is 2. The van der Waals surface area contributed by atoms with Gasteiger partial charge in [-0.1, -0.05) is 0 Å². The van der Waals surface area contributed by atoms with Crippen LogP contribution < -0.4 is 20.9 Å². The fraction of sp³-hybridized carbons (Fsp3) is 0.267. The minimum Gasteiger partial charge on any atom is -0.378 e. The highest BCUT2D eigenvalue weighted by atomic mass is 32.1. The largest absolute Gasteiger partial charge is 0.378 e. The molecule has 0 unspecified atom stereocenters. The zero-order valence-electron chi connectivity index (χ0n) is 24.2. The molecule has 1 aromatic carbocycles. The average Bonchev–Trinajstić information content (AvgIpc) is 3.68. The van der Waals surface area contributed by atoms with Crippen molar-refractivity contribution in [1.82, 2.24) is 39.0 Å². The lowest BCUT2D eigenvalue weighted by molar-refractivity contribution is 0.121. The number of hydrogen-bond donors (Lipinski definition) is 0. The van der Waals surface area contributed by atoms with Crippen LogP contribution in [0.5, 0.6) is 0 Å². The summed E-state index contributed by atoms with van der Waals surface area (Å²) in [7, 11) is 0. The quantitative estimate of drug-likeness (QED) is 0.276. The van der Waals surface area contributed by atoms with Gasteiger partial charge in [-0.2, -0.15) is 0 Å². The highest BCUT2D eigenvalue weighted by molar-refractivity contribution is 7.25. The molecule has 46 heavy (non-hydrogen) atoms. The Bertz CT molecular complexity index is 2240. The number of hydrogen-bond acceptors (Lipinski definition) is 14. The second-order valence-electron chi connectivity index (χ2n) is 10.8. The van der Waals surface area contributed by atoms with Crippen LogP contribution in [0.25, 0.3) is 52.5 Å². The molecule has 2 saturated heterocycles. The van der Waals surface area contributed by atoms with Gasteiger partial charge in [0.25, 0.3) is 11.1 Å². The zero-order valence-corrected chi connectivity index (χ0v) is 25.8. The molecule has 16 heteroatoms. The van der Waals surface area contributed by atoms with Crippen molar-refractivity contribution in [2.75, 3.05) is 62.4 Å². The summed E-state index contributed by atoms with van der Waals surface area (Å²) in [5.74, 6) is 1.02. The van der Waals surface area contributed by atoms with Crippen molar-refractivity contribution in [3.8, 4) is 11.4 Å². The monoisotopic (exact) mass is 652 g/mol. The molecule has 2 aliphatic heterocycles. The van der Waals surface area contributed by atoms with Gasteiger partial charge in [0, 0.05) is 51.0 Å². The van der Waals surface area contributed by atoms with E-state index in [1.54, 1.807) is 33.9 Å². The molecule has 0 atom stereocenters. The molecule has 0 bridgehead atoms. The molecule has 9 rings (SSSR count). The van der Waals surface area contributed by atoms with Crippen LogP contribution in [0.15, 0.2) is 58.6 Å². The lowest BCUT2D eigenvalue weighted by Gasteiger charge is -2.30. The summed E-state index contributed by atoms with van der Waals surface area (Å²) in [6.07, 6.45) is 6.45. The predicted molar refractivity (Wildman–Crippen MR) is 176 cm³/mol. The summed E-state index contributed by atoms with van der Waals surface area (Å²) in [4.78, 5) is 61.6. The van der Waals surface area contributed by atoms with Gasteiger partial charge in [-0.3, -0.25) is 9.59 Å². The van der Waals surface area contributed by atoms with E-state index < -0.39 is 0 Å². The van der Waals surface area contributed by atoms with Crippen LogP contribution >= 0.6 is 22.7 Å². The van der Waals surface area contributed by atoms with Gasteiger partial charge < -0.3 is 19.3 Å². The van der Waals surface area contributed by atoms with E-state index in [9.17, 15) is 9.59 Å². The third kappa shape index (κ3) is 4.28.